The summed E-state index contributed by atoms with van der Waals surface area (Å²) in [5.74, 6) is 1.62. The van der Waals surface area contributed by atoms with Crippen LogP contribution in [0.4, 0.5) is 5.69 Å². The van der Waals surface area contributed by atoms with Gasteiger partial charge in [0.05, 0.1) is 7.11 Å². The second kappa shape index (κ2) is 6.21. The minimum absolute atomic E-state index is 0.601. The Hall–Kier alpha value is -1.96. The number of benzene rings is 2. The van der Waals surface area contributed by atoms with Gasteiger partial charge in [0.1, 0.15) is 5.75 Å². The smallest absolute Gasteiger partial charge is 0.118 e. The average molecular weight is 281 g/mol. The first kappa shape index (κ1) is 14.0. The molecule has 1 aliphatic rings. The van der Waals surface area contributed by atoms with Crippen molar-refractivity contribution in [2.75, 3.05) is 12.4 Å². The van der Waals surface area contributed by atoms with Gasteiger partial charge in [-0.2, -0.15) is 0 Å². The fourth-order valence-corrected chi connectivity index (χ4v) is 2.96. The van der Waals surface area contributed by atoms with Crippen LogP contribution in [0.5, 0.6) is 5.75 Å². The SMILES string of the molecule is CCc1ccc(NC2CC(c3ccc(OC)cc3)C2)cc1. The Labute approximate surface area is 127 Å². The third kappa shape index (κ3) is 3.21. The molecule has 0 bridgehead atoms. The number of hydrogen-bond donors (Lipinski definition) is 1. The summed E-state index contributed by atoms with van der Waals surface area (Å²) in [4.78, 5) is 0. The van der Waals surface area contributed by atoms with Crippen molar-refractivity contribution in [2.45, 2.75) is 38.1 Å². The molecule has 0 aromatic heterocycles. The Bertz CT molecular complexity index is 568. The molecule has 0 amide bonds. The molecule has 2 heteroatoms. The molecule has 0 atom stereocenters. The molecule has 2 nitrogen and oxygen atoms in total. The van der Waals surface area contributed by atoms with E-state index in [0.717, 1.165) is 12.2 Å². The van der Waals surface area contributed by atoms with E-state index in [-0.39, 0.29) is 0 Å². The molecule has 0 saturated heterocycles. The molecule has 0 heterocycles. The van der Waals surface area contributed by atoms with E-state index in [4.69, 9.17) is 4.74 Å². The van der Waals surface area contributed by atoms with Gasteiger partial charge in [0.2, 0.25) is 0 Å². The lowest BCUT2D eigenvalue weighted by Crippen LogP contribution is -2.33. The van der Waals surface area contributed by atoms with Crippen LogP contribution in [0, 0.1) is 0 Å². The zero-order valence-corrected chi connectivity index (χ0v) is 12.8. The van der Waals surface area contributed by atoms with Gasteiger partial charge in [-0.15, -0.1) is 0 Å². The monoisotopic (exact) mass is 281 g/mol. The Morgan fingerprint density at radius 2 is 1.67 bits per heavy atom. The molecule has 3 rings (SSSR count). The minimum Gasteiger partial charge on any atom is -0.497 e. The lowest BCUT2D eigenvalue weighted by atomic mass is 9.76. The first-order valence-electron chi connectivity index (χ1n) is 7.78. The number of methoxy groups -OCH3 is 1. The van der Waals surface area contributed by atoms with Crippen LogP contribution in [0.15, 0.2) is 48.5 Å². The first-order valence-corrected chi connectivity index (χ1v) is 7.78. The number of rotatable bonds is 5. The zero-order chi connectivity index (χ0) is 14.7. The highest BCUT2D eigenvalue weighted by atomic mass is 16.5. The summed E-state index contributed by atoms with van der Waals surface area (Å²) in [5.41, 5.74) is 4.06. The highest BCUT2D eigenvalue weighted by Gasteiger charge is 2.30. The Kier molecular flexibility index (Phi) is 4.14. The number of anilines is 1. The molecule has 1 N–H and O–H groups in total. The van der Waals surface area contributed by atoms with Crippen LogP contribution in [-0.4, -0.2) is 13.2 Å². The Balaban J connectivity index is 1.52. The van der Waals surface area contributed by atoms with E-state index in [2.05, 4.69) is 60.8 Å². The van der Waals surface area contributed by atoms with Crippen molar-refractivity contribution in [1.82, 2.24) is 0 Å². The quantitative estimate of drug-likeness (QED) is 0.863. The molecule has 1 aliphatic carbocycles. The van der Waals surface area contributed by atoms with Gasteiger partial charge < -0.3 is 10.1 Å². The maximum Gasteiger partial charge on any atom is 0.118 e. The fraction of sp³-hybridized carbons (Fsp3) is 0.368. The Morgan fingerprint density at radius 3 is 2.24 bits per heavy atom. The molecule has 1 fully saturated rings. The first-order chi connectivity index (χ1) is 10.3. The highest BCUT2D eigenvalue weighted by molar-refractivity contribution is 5.46. The number of hydrogen-bond acceptors (Lipinski definition) is 2. The predicted molar refractivity (Wildman–Crippen MR) is 88.2 cm³/mol. The molecule has 0 aliphatic heterocycles. The van der Waals surface area contributed by atoms with E-state index in [9.17, 15) is 0 Å². The summed E-state index contributed by atoms with van der Waals surface area (Å²) >= 11 is 0. The molecule has 21 heavy (non-hydrogen) atoms. The third-order valence-corrected chi connectivity index (χ3v) is 4.46. The highest BCUT2D eigenvalue weighted by Crippen LogP contribution is 2.38. The van der Waals surface area contributed by atoms with E-state index >= 15 is 0 Å². The van der Waals surface area contributed by atoms with Crippen molar-refractivity contribution in [3.05, 3.63) is 59.7 Å². The van der Waals surface area contributed by atoms with Gasteiger partial charge in [0.25, 0.3) is 0 Å². The van der Waals surface area contributed by atoms with Crippen LogP contribution in [0.1, 0.15) is 36.8 Å². The molecule has 0 unspecified atom stereocenters. The molecular formula is C19H23NO. The number of ether oxygens (including phenoxy) is 1. The van der Waals surface area contributed by atoms with Crippen LogP contribution in [0.25, 0.3) is 0 Å². The van der Waals surface area contributed by atoms with E-state index in [1.807, 2.05) is 0 Å². The molecule has 2 aromatic carbocycles. The second-order valence-electron chi connectivity index (χ2n) is 5.83. The van der Waals surface area contributed by atoms with Crippen molar-refractivity contribution < 1.29 is 4.74 Å². The maximum atomic E-state index is 5.21. The molecule has 1 saturated carbocycles. The van der Waals surface area contributed by atoms with Crippen LogP contribution in [0.3, 0.4) is 0 Å². The van der Waals surface area contributed by atoms with Gasteiger partial charge in [-0.1, -0.05) is 31.2 Å². The largest absolute Gasteiger partial charge is 0.497 e. The molecule has 0 spiro atoms. The summed E-state index contributed by atoms with van der Waals surface area (Å²) in [6, 6.07) is 17.9. The predicted octanol–water partition coefficient (Wildman–Crippen LogP) is 4.62. The summed E-state index contributed by atoms with van der Waals surface area (Å²) in [6.07, 6.45) is 3.52. The molecule has 2 aromatic rings. The van der Waals surface area contributed by atoms with Crippen LogP contribution < -0.4 is 10.1 Å². The second-order valence-corrected chi connectivity index (χ2v) is 5.83. The van der Waals surface area contributed by atoms with Crippen LogP contribution in [0.2, 0.25) is 0 Å². The van der Waals surface area contributed by atoms with Gasteiger partial charge in [-0.3, -0.25) is 0 Å². The average Bonchev–Trinajstić information content (AvgIpc) is 2.51. The molecule has 0 radical (unpaired) electrons. The van der Waals surface area contributed by atoms with Crippen molar-refractivity contribution in [3.63, 3.8) is 0 Å². The third-order valence-electron chi connectivity index (χ3n) is 4.46. The van der Waals surface area contributed by atoms with Crippen molar-refractivity contribution in [2.24, 2.45) is 0 Å². The van der Waals surface area contributed by atoms with Crippen molar-refractivity contribution in [1.29, 1.82) is 0 Å². The van der Waals surface area contributed by atoms with Crippen LogP contribution in [-0.2, 0) is 6.42 Å². The molecule has 110 valence electrons. The maximum absolute atomic E-state index is 5.21. The normalized spacial score (nSPS) is 20.7. The summed E-state index contributed by atoms with van der Waals surface area (Å²) in [5, 5.41) is 3.63. The fourth-order valence-electron chi connectivity index (χ4n) is 2.96. The standard InChI is InChI=1S/C19H23NO/c1-3-14-4-8-17(9-5-14)20-18-12-16(13-18)15-6-10-19(21-2)11-7-15/h4-11,16,18,20H,3,12-13H2,1-2H3. The lowest BCUT2D eigenvalue weighted by molar-refractivity contribution is 0.373. The minimum atomic E-state index is 0.601. The summed E-state index contributed by atoms with van der Waals surface area (Å²) in [7, 11) is 1.71. The van der Waals surface area contributed by atoms with E-state index < -0.39 is 0 Å². The van der Waals surface area contributed by atoms with Crippen molar-refractivity contribution in [3.8, 4) is 5.75 Å². The van der Waals surface area contributed by atoms with Crippen LogP contribution >= 0.6 is 0 Å². The topological polar surface area (TPSA) is 21.3 Å². The van der Waals surface area contributed by atoms with Crippen molar-refractivity contribution >= 4 is 5.69 Å². The van der Waals surface area contributed by atoms with Gasteiger partial charge in [-0.25, -0.2) is 0 Å². The Morgan fingerprint density at radius 1 is 1.00 bits per heavy atom. The lowest BCUT2D eigenvalue weighted by Gasteiger charge is -2.37. The summed E-state index contributed by atoms with van der Waals surface area (Å²) in [6.45, 7) is 2.19. The van der Waals surface area contributed by atoms with E-state index in [0.29, 0.717) is 12.0 Å². The molecular weight excluding hydrogens is 258 g/mol. The van der Waals surface area contributed by atoms with E-state index in [1.54, 1.807) is 7.11 Å². The zero-order valence-electron chi connectivity index (χ0n) is 12.8. The summed E-state index contributed by atoms with van der Waals surface area (Å²) < 4.78 is 5.21. The number of nitrogens with one attached hydrogen (secondary N) is 1. The van der Waals surface area contributed by atoms with Gasteiger partial charge in [0.15, 0.2) is 0 Å². The van der Waals surface area contributed by atoms with E-state index in [1.165, 1.54) is 29.7 Å². The van der Waals surface area contributed by atoms with Gasteiger partial charge in [-0.05, 0) is 60.6 Å². The van der Waals surface area contributed by atoms with Gasteiger partial charge in [0, 0.05) is 11.7 Å². The number of aryl methyl sites for hydroxylation is 1. The van der Waals surface area contributed by atoms with Gasteiger partial charge >= 0.3 is 0 Å².